The Balaban J connectivity index is 1.99. The van der Waals surface area contributed by atoms with Crippen molar-refractivity contribution in [1.82, 2.24) is 0 Å². The smallest absolute Gasteiger partial charge is 0.191 e. The van der Waals surface area contributed by atoms with Gasteiger partial charge in [0, 0.05) is 25.2 Å². The molecular weight excluding hydrogens is 256 g/mol. The monoisotopic (exact) mass is 278 g/mol. The van der Waals surface area contributed by atoms with Gasteiger partial charge in [-0.2, -0.15) is 0 Å². The first-order chi connectivity index (χ1) is 9.74. The van der Waals surface area contributed by atoms with E-state index in [0.29, 0.717) is 32.0 Å². The molecule has 4 heteroatoms. The highest BCUT2D eigenvalue weighted by Gasteiger charge is 2.18. The van der Waals surface area contributed by atoms with Gasteiger partial charge in [-0.3, -0.25) is 4.79 Å². The predicted molar refractivity (Wildman–Crippen MR) is 76.2 cm³/mol. The molecule has 0 amide bonds. The van der Waals surface area contributed by atoms with Crippen molar-refractivity contribution in [3.63, 3.8) is 0 Å². The molecule has 0 aromatic heterocycles. The van der Waals surface area contributed by atoms with Crippen LogP contribution in [0.5, 0.6) is 5.75 Å². The van der Waals surface area contributed by atoms with Crippen LogP contribution in [0.15, 0.2) is 18.2 Å². The summed E-state index contributed by atoms with van der Waals surface area (Å²) in [5, 5.41) is 0. The van der Waals surface area contributed by atoms with Crippen LogP contribution in [-0.2, 0) is 15.9 Å². The molecule has 0 saturated carbocycles. The topological polar surface area (TPSA) is 44.8 Å². The number of fused-ring (bicyclic) bond motifs is 1. The largest absolute Gasteiger partial charge is 0.488 e. The first-order valence-corrected chi connectivity index (χ1v) is 7.26. The lowest BCUT2D eigenvalue weighted by molar-refractivity contribution is -0.152. The summed E-state index contributed by atoms with van der Waals surface area (Å²) in [6.45, 7) is 5.33. The Morgan fingerprint density at radius 1 is 1.15 bits per heavy atom. The number of ether oxygens (including phenoxy) is 3. The van der Waals surface area contributed by atoms with Gasteiger partial charge in [-0.1, -0.05) is 6.07 Å². The Bertz CT molecular complexity index is 450. The number of benzene rings is 1. The summed E-state index contributed by atoms with van der Waals surface area (Å²) in [6.07, 6.45) is 2.19. The molecule has 2 rings (SSSR count). The van der Waals surface area contributed by atoms with Crippen LogP contribution < -0.4 is 4.74 Å². The second kappa shape index (κ2) is 7.41. The third kappa shape index (κ3) is 3.81. The van der Waals surface area contributed by atoms with Crippen LogP contribution in [0, 0.1) is 0 Å². The van der Waals surface area contributed by atoms with E-state index in [0.717, 1.165) is 24.0 Å². The van der Waals surface area contributed by atoms with Crippen LogP contribution >= 0.6 is 0 Å². The van der Waals surface area contributed by atoms with Crippen LogP contribution in [0.3, 0.4) is 0 Å². The minimum Gasteiger partial charge on any atom is -0.488 e. The molecule has 1 aliphatic rings. The van der Waals surface area contributed by atoms with Crippen LogP contribution in [0.4, 0.5) is 0 Å². The zero-order valence-corrected chi connectivity index (χ0v) is 12.2. The average Bonchev–Trinajstić information content (AvgIpc) is 2.46. The van der Waals surface area contributed by atoms with Gasteiger partial charge < -0.3 is 14.2 Å². The fraction of sp³-hybridized carbons (Fsp3) is 0.562. The van der Waals surface area contributed by atoms with Crippen molar-refractivity contribution in [2.45, 2.75) is 39.4 Å². The van der Waals surface area contributed by atoms with Gasteiger partial charge in [0.1, 0.15) is 12.4 Å². The molecule has 0 aliphatic heterocycles. The van der Waals surface area contributed by atoms with E-state index in [1.807, 2.05) is 32.0 Å². The third-order valence-electron chi connectivity index (χ3n) is 3.32. The molecule has 0 unspecified atom stereocenters. The lowest BCUT2D eigenvalue weighted by Crippen LogP contribution is -2.25. The number of carbonyl (C=O) groups excluding carboxylic acids is 1. The summed E-state index contributed by atoms with van der Waals surface area (Å²) in [5.74, 6) is 0.909. The van der Waals surface area contributed by atoms with E-state index in [1.54, 1.807) is 0 Å². The van der Waals surface area contributed by atoms with Crippen molar-refractivity contribution in [3.8, 4) is 5.75 Å². The zero-order valence-electron chi connectivity index (χ0n) is 12.2. The van der Waals surface area contributed by atoms with Crippen molar-refractivity contribution in [1.29, 1.82) is 0 Å². The number of ketones is 1. The maximum absolute atomic E-state index is 11.9. The van der Waals surface area contributed by atoms with Crippen molar-refractivity contribution in [3.05, 3.63) is 29.3 Å². The van der Waals surface area contributed by atoms with Crippen molar-refractivity contribution in [2.24, 2.45) is 0 Å². The molecular formula is C16H22O4. The van der Waals surface area contributed by atoms with Crippen LogP contribution in [0.2, 0.25) is 0 Å². The predicted octanol–water partition coefficient (Wildman–Crippen LogP) is 2.98. The van der Waals surface area contributed by atoms with Crippen LogP contribution in [-0.4, -0.2) is 31.9 Å². The highest BCUT2D eigenvalue weighted by Crippen LogP contribution is 2.25. The Kier molecular flexibility index (Phi) is 5.56. The molecule has 1 aliphatic carbocycles. The van der Waals surface area contributed by atoms with Crippen molar-refractivity contribution >= 4 is 5.78 Å². The zero-order chi connectivity index (χ0) is 14.4. The second-order valence-corrected chi connectivity index (χ2v) is 4.75. The molecule has 0 saturated heterocycles. The summed E-state index contributed by atoms with van der Waals surface area (Å²) in [4.78, 5) is 11.9. The van der Waals surface area contributed by atoms with Gasteiger partial charge in [-0.05, 0) is 44.4 Å². The lowest BCUT2D eigenvalue weighted by atomic mass is 9.90. The van der Waals surface area contributed by atoms with Gasteiger partial charge in [-0.25, -0.2) is 0 Å². The highest BCUT2D eigenvalue weighted by molar-refractivity contribution is 5.98. The van der Waals surface area contributed by atoms with E-state index < -0.39 is 0 Å². The molecule has 0 fully saturated rings. The van der Waals surface area contributed by atoms with E-state index in [2.05, 4.69) is 0 Å². The number of hydrogen-bond acceptors (Lipinski definition) is 4. The fourth-order valence-corrected chi connectivity index (χ4v) is 2.38. The van der Waals surface area contributed by atoms with Crippen LogP contribution in [0.1, 0.15) is 42.6 Å². The minimum atomic E-state index is -0.364. The number of hydrogen-bond donors (Lipinski definition) is 0. The molecule has 4 nitrogen and oxygen atoms in total. The molecule has 0 spiro atoms. The quantitative estimate of drug-likeness (QED) is 0.719. The molecule has 0 radical (unpaired) electrons. The third-order valence-corrected chi connectivity index (χ3v) is 3.32. The minimum absolute atomic E-state index is 0.211. The molecule has 0 N–H and O–H groups in total. The number of aryl methyl sites for hydroxylation is 1. The highest BCUT2D eigenvalue weighted by atomic mass is 16.7. The molecule has 0 heterocycles. The molecule has 110 valence electrons. The molecule has 1 aromatic carbocycles. The SMILES string of the molecule is CCOC(COc1ccc2c(c1)C(=O)CCC2)OCC. The van der Waals surface area contributed by atoms with Crippen LogP contribution in [0.25, 0.3) is 0 Å². The van der Waals surface area contributed by atoms with Crippen molar-refractivity contribution in [2.75, 3.05) is 19.8 Å². The Labute approximate surface area is 120 Å². The van der Waals surface area contributed by atoms with E-state index in [1.165, 1.54) is 0 Å². The Morgan fingerprint density at radius 3 is 2.60 bits per heavy atom. The first kappa shape index (κ1) is 15.0. The molecule has 1 aromatic rings. The second-order valence-electron chi connectivity index (χ2n) is 4.75. The Morgan fingerprint density at radius 2 is 1.90 bits per heavy atom. The van der Waals surface area contributed by atoms with Gasteiger partial charge in [0.15, 0.2) is 12.1 Å². The van der Waals surface area contributed by atoms with Gasteiger partial charge in [0.2, 0.25) is 0 Å². The molecule has 20 heavy (non-hydrogen) atoms. The average molecular weight is 278 g/mol. The normalized spacial score (nSPS) is 14.4. The van der Waals surface area contributed by atoms with E-state index in [4.69, 9.17) is 14.2 Å². The van der Waals surface area contributed by atoms with Gasteiger partial charge >= 0.3 is 0 Å². The standard InChI is InChI=1S/C16H22O4/c1-3-18-16(19-4-2)11-20-13-9-8-12-6-5-7-15(17)14(12)10-13/h8-10,16H,3-7,11H2,1-2H3. The molecule has 0 bridgehead atoms. The van der Waals surface area contributed by atoms with Gasteiger partial charge in [0.05, 0.1) is 0 Å². The first-order valence-electron chi connectivity index (χ1n) is 7.26. The summed E-state index contributed by atoms with van der Waals surface area (Å²) in [5.41, 5.74) is 1.93. The number of carbonyl (C=O) groups is 1. The van der Waals surface area contributed by atoms with Gasteiger partial charge in [0.25, 0.3) is 0 Å². The summed E-state index contributed by atoms with van der Waals surface area (Å²) < 4.78 is 16.5. The van der Waals surface area contributed by atoms with Gasteiger partial charge in [-0.15, -0.1) is 0 Å². The number of rotatable bonds is 7. The maximum atomic E-state index is 11.9. The van der Waals surface area contributed by atoms with E-state index in [9.17, 15) is 4.79 Å². The molecule has 0 atom stereocenters. The van der Waals surface area contributed by atoms with E-state index in [-0.39, 0.29) is 12.1 Å². The number of Topliss-reactive ketones (excluding diaryl/α,β-unsaturated/α-hetero) is 1. The maximum Gasteiger partial charge on any atom is 0.191 e. The van der Waals surface area contributed by atoms with Crippen molar-refractivity contribution < 1.29 is 19.0 Å². The fourth-order valence-electron chi connectivity index (χ4n) is 2.38. The summed E-state index contributed by atoms with van der Waals surface area (Å²) >= 11 is 0. The lowest BCUT2D eigenvalue weighted by Gasteiger charge is -2.19. The summed E-state index contributed by atoms with van der Waals surface area (Å²) in [7, 11) is 0. The van der Waals surface area contributed by atoms with E-state index >= 15 is 0 Å². The Hall–Kier alpha value is -1.39. The summed E-state index contributed by atoms with van der Waals surface area (Å²) in [6, 6.07) is 5.73.